The molecule has 0 atom stereocenters. The SMILES string of the molecule is CC(/C=C/C=C(\C)N(CCCS(=O)(=O)O)c1cc(S(=O)(=O)O)cc(C(=O)O)c1C)=[N+](CCCS(=O)(=O)O)c1cc(S(=O)(=O)O)cc(C(=O)O)c1C. The first kappa shape index (κ1) is 43.1. The fraction of sp³-hybridized carbons (Fsp3) is 0.345. The molecule has 0 aliphatic rings. The highest BCUT2D eigenvalue weighted by Crippen LogP contribution is 2.31. The number of hydrogen-bond donors (Lipinski definition) is 6. The van der Waals surface area contributed by atoms with Crippen LogP contribution in [0.3, 0.4) is 0 Å². The van der Waals surface area contributed by atoms with Crippen LogP contribution in [0.5, 0.6) is 0 Å². The molecule has 51 heavy (non-hydrogen) atoms. The predicted molar refractivity (Wildman–Crippen MR) is 184 cm³/mol. The number of aromatic carboxylic acids is 2. The standard InChI is InChI=1S/C29H36N2O16S4/c1-18(30(10-6-12-48(36,37)38)26-16-22(50(42,43)44)14-24(20(26)3)28(32)33)8-5-9-19(2)31(11-7-13-49(39,40)41)27-17-23(51(45,46)47)15-25(21(27)4)29(34)35/h5,8-9,14-17H,6-7,10-13H2,1-4H3,(H5-,32,33,34,35,36,37,38,39,40,41,42,43,44,45,46,47)/p+1. The second-order valence-corrected chi connectivity index (χ2v) is 17.2. The first-order valence-electron chi connectivity index (χ1n) is 14.5. The van der Waals surface area contributed by atoms with Gasteiger partial charge in [-0.05, 0) is 57.0 Å². The van der Waals surface area contributed by atoms with Crippen molar-refractivity contribution < 1.29 is 76.3 Å². The van der Waals surface area contributed by atoms with Gasteiger partial charge in [-0.2, -0.15) is 38.2 Å². The summed E-state index contributed by atoms with van der Waals surface area (Å²) in [6.07, 6.45) is 3.77. The first-order valence-corrected chi connectivity index (χ1v) is 20.6. The molecule has 0 aliphatic carbocycles. The molecule has 2 aromatic rings. The quantitative estimate of drug-likeness (QED) is 0.0580. The highest BCUT2D eigenvalue weighted by atomic mass is 32.2. The van der Waals surface area contributed by atoms with Crippen molar-refractivity contribution in [1.29, 1.82) is 0 Å². The Hall–Kier alpha value is -4.03. The van der Waals surface area contributed by atoms with Crippen LogP contribution in [0.25, 0.3) is 0 Å². The van der Waals surface area contributed by atoms with Crippen LogP contribution in [0.2, 0.25) is 0 Å². The molecule has 6 N–H and O–H groups in total. The summed E-state index contributed by atoms with van der Waals surface area (Å²) in [6, 6.07) is 3.45. The Balaban J connectivity index is 2.83. The summed E-state index contributed by atoms with van der Waals surface area (Å²) in [6.45, 7) is 5.24. The minimum absolute atomic E-state index is 0.0367. The van der Waals surface area contributed by atoms with E-state index >= 15 is 0 Å². The Kier molecular flexibility index (Phi) is 14.0. The summed E-state index contributed by atoms with van der Waals surface area (Å²) in [5.74, 6) is -4.50. The van der Waals surface area contributed by atoms with E-state index in [9.17, 15) is 71.7 Å². The van der Waals surface area contributed by atoms with Gasteiger partial charge in [0.05, 0.1) is 27.5 Å². The molecule has 2 aromatic carbocycles. The maximum Gasteiger partial charge on any atom is 0.336 e. The fourth-order valence-electron chi connectivity index (χ4n) is 4.94. The lowest BCUT2D eigenvalue weighted by molar-refractivity contribution is -0.440. The van der Waals surface area contributed by atoms with Crippen LogP contribution < -0.4 is 4.90 Å². The highest BCUT2D eigenvalue weighted by molar-refractivity contribution is 7.86. The molecule has 0 saturated heterocycles. The van der Waals surface area contributed by atoms with Crippen molar-refractivity contribution in [1.82, 2.24) is 0 Å². The van der Waals surface area contributed by atoms with Crippen molar-refractivity contribution in [3.05, 3.63) is 70.4 Å². The van der Waals surface area contributed by atoms with E-state index in [1.165, 1.54) is 55.4 Å². The van der Waals surface area contributed by atoms with Crippen molar-refractivity contribution in [2.24, 2.45) is 0 Å². The summed E-state index contributed by atoms with van der Waals surface area (Å²) >= 11 is 0. The number of carbonyl (C=O) groups is 2. The lowest BCUT2D eigenvalue weighted by Crippen LogP contribution is -2.26. The zero-order valence-corrected chi connectivity index (χ0v) is 30.8. The number of nitrogens with zero attached hydrogens (tertiary/aromatic N) is 2. The Morgan fingerprint density at radius 2 is 1.20 bits per heavy atom. The lowest BCUT2D eigenvalue weighted by Gasteiger charge is -2.28. The van der Waals surface area contributed by atoms with Crippen molar-refractivity contribution in [3.63, 3.8) is 0 Å². The smallest absolute Gasteiger partial charge is 0.336 e. The van der Waals surface area contributed by atoms with Crippen LogP contribution in [0.1, 0.15) is 58.5 Å². The molecule has 0 unspecified atom stereocenters. The summed E-state index contributed by atoms with van der Waals surface area (Å²) in [5.41, 5.74) is -0.511. The molecule has 0 bridgehead atoms. The zero-order valence-electron chi connectivity index (χ0n) is 27.6. The number of benzene rings is 2. The van der Waals surface area contributed by atoms with E-state index in [1.54, 1.807) is 0 Å². The molecule has 0 aromatic heterocycles. The molecule has 0 amide bonds. The van der Waals surface area contributed by atoms with E-state index in [-0.39, 0.29) is 59.8 Å². The van der Waals surface area contributed by atoms with E-state index in [0.29, 0.717) is 0 Å². The van der Waals surface area contributed by atoms with Crippen molar-refractivity contribution in [2.75, 3.05) is 29.5 Å². The monoisotopic (exact) mass is 797 g/mol. The maximum atomic E-state index is 12.0. The minimum Gasteiger partial charge on any atom is -0.478 e. The number of rotatable bonds is 17. The highest BCUT2D eigenvalue weighted by Gasteiger charge is 2.27. The fourth-order valence-corrected chi connectivity index (χ4v) is 6.98. The van der Waals surface area contributed by atoms with Gasteiger partial charge >= 0.3 is 11.9 Å². The Labute approximate surface area is 295 Å². The summed E-state index contributed by atoms with van der Waals surface area (Å²) < 4.78 is 133. The lowest BCUT2D eigenvalue weighted by atomic mass is 10.0. The second kappa shape index (κ2) is 16.5. The number of carboxylic acid groups (broad SMARTS) is 2. The van der Waals surface area contributed by atoms with E-state index in [1.807, 2.05) is 0 Å². The summed E-state index contributed by atoms with van der Waals surface area (Å²) in [7, 11) is -18.7. The summed E-state index contributed by atoms with van der Waals surface area (Å²) in [5, 5.41) is 19.4. The van der Waals surface area contributed by atoms with Gasteiger partial charge in [0.1, 0.15) is 11.4 Å². The average Bonchev–Trinajstić information content (AvgIpc) is 2.95. The molecular formula is C29H37N2O16S4+. The molecule has 0 heterocycles. The van der Waals surface area contributed by atoms with Gasteiger partial charge in [0.2, 0.25) is 5.69 Å². The normalized spacial score (nSPS) is 13.7. The molecule has 0 saturated carbocycles. The van der Waals surface area contributed by atoms with E-state index in [0.717, 1.165) is 24.3 Å². The number of allylic oxidation sites excluding steroid dienone is 4. The minimum atomic E-state index is -4.92. The Morgan fingerprint density at radius 3 is 1.67 bits per heavy atom. The molecule has 18 nitrogen and oxygen atoms in total. The van der Waals surface area contributed by atoms with Gasteiger partial charge in [-0.25, -0.2) is 9.59 Å². The van der Waals surface area contributed by atoms with Gasteiger partial charge in [-0.1, -0.05) is 6.08 Å². The van der Waals surface area contributed by atoms with Crippen molar-refractivity contribution in [2.45, 2.75) is 50.3 Å². The van der Waals surface area contributed by atoms with Crippen molar-refractivity contribution in [3.8, 4) is 0 Å². The van der Waals surface area contributed by atoms with Crippen LogP contribution in [0.15, 0.2) is 58.0 Å². The van der Waals surface area contributed by atoms with Crippen LogP contribution in [-0.4, -0.2) is 109 Å². The third-order valence-electron chi connectivity index (χ3n) is 7.44. The molecule has 0 spiro atoms. The zero-order chi connectivity index (χ0) is 39.3. The van der Waals surface area contributed by atoms with E-state index in [2.05, 4.69) is 0 Å². The number of carboxylic acids is 2. The average molecular weight is 798 g/mol. The van der Waals surface area contributed by atoms with Crippen LogP contribution >= 0.6 is 0 Å². The van der Waals surface area contributed by atoms with E-state index in [4.69, 9.17) is 0 Å². The van der Waals surface area contributed by atoms with Gasteiger partial charge in [0.15, 0.2) is 5.71 Å². The molecular weight excluding hydrogens is 761 g/mol. The maximum absolute atomic E-state index is 12.0. The van der Waals surface area contributed by atoms with Crippen LogP contribution in [0.4, 0.5) is 11.4 Å². The molecule has 0 radical (unpaired) electrons. The van der Waals surface area contributed by atoms with E-state index < -0.39 is 84.8 Å². The molecule has 282 valence electrons. The molecule has 2 rings (SSSR count). The third kappa shape index (κ3) is 12.6. The number of hydrogen-bond acceptors (Lipinski definition) is 11. The van der Waals surface area contributed by atoms with Gasteiger partial charge in [-0.15, -0.1) is 0 Å². The van der Waals surface area contributed by atoms with Gasteiger partial charge in [0, 0.05) is 49.0 Å². The molecule has 22 heteroatoms. The summed E-state index contributed by atoms with van der Waals surface area (Å²) in [4.78, 5) is 23.7. The van der Waals surface area contributed by atoms with Gasteiger partial charge < -0.3 is 15.1 Å². The largest absolute Gasteiger partial charge is 0.478 e. The Bertz CT molecular complexity index is 2260. The van der Waals surface area contributed by atoms with Crippen molar-refractivity contribution >= 4 is 69.5 Å². The Morgan fingerprint density at radius 1 is 0.725 bits per heavy atom. The third-order valence-corrected chi connectivity index (χ3v) is 10.7. The topological polar surface area (TPSA) is 298 Å². The van der Waals surface area contributed by atoms with Crippen LogP contribution in [0, 0.1) is 13.8 Å². The van der Waals surface area contributed by atoms with Gasteiger partial charge in [-0.3, -0.25) is 18.2 Å². The number of anilines is 1. The molecule has 0 aliphatic heterocycles. The second-order valence-electron chi connectivity index (χ2n) is 11.2. The van der Waals surface area contributed by atoms with Gasteiger partial charge in [0.25, 0.3) is 40.5 Å². The predicted octanol–water partition coefficient (Wildman–Crippen LogP) is 2.82. The first-order chi connectivity index (χ1) is 23.1. The van der Waals surface area contributed by atoms with Crippen LogP contribution in [-0.2, 0) is 40.5 Å². The molecule has 0 fully saturated rings.